The van der Waals surface area contributed by atoms with E-state index in [1.165, 1.54) is 22.3 Å². The van der Waals surface area contributed by atoms with Gasteiger partial charge in [0.15, 0.2) is 0 Å². The third-order valence-electron chi connectivity index (χ3n) is 5.57. The first kappa shape index (κ1) is 19.2. The fourth-order valence-corrected chi connectivity index (χ4v) is 3.96. The second kappa shape index (κ2) is 9.37. The van der Waals surface area contributed by atoms with Crippen molar-refractivity contribution in [3.8, 4) is 11.1 Å². The molecule has 0 bridgehead atoms. The first-order chi connectivity index (χ1) is 14.3. The van der Waals surface area contributed by atoms with E-state index >= 15 is 0 Å². The van der Waals surface area contributed by atoms with Crippen LogP contribution in [0.25, 0.3) is 11.1 Å². The molecule has 1 saturated heterocycles. The highest BCUT2D eigenvalue weighted by Crippen LogP contribution is 2.21. The van der Waals surface area contributed by atoms with Crippen molar-refractivity contribution in [3.05, 3.63) is 90.3 Å². The van der Waals surface area contributed by atoms with E-state index in [9.17, 15) is 4.79 Å². The van der Waals surface area contributed by atoms with Crippen LogP contribution in [-0.2, 0) is 12.8 Å². The molecule has 29 heavy (non-hydrogen) atoms. The number of nitrogens with zero attached hydrogens (tertiary/aromatic N) is 2. The largest absolute Gasteiger partial charge is 0.338 e. The maximum Gasteiger partial charge on any atom is 0.317 e. The Hall–Kier alpha value is -3.14. The zero-order valence-electron chi connectivity index (χ0n) is 16.6. The lowest BCUT2D eigenvalue weighted by atomic mass is 10.0. The molecule has 0 aliphatic carbocycles. The smallest absolute Gasteiger partial charge is 0.317 e. The highest BCUT2D eigenvalue weighted by Gasteiger charge is 2.26. The van der Waals surface area contributed by atoms with Gasteiger partial charge in [-0.15, -0.1) is 0 Å². The summed E-state index contributed by atoms with van der Waals surface area (Å²) in [6, 6.07) is 23.1. The molecule has 148 valence electrons. The van der Waals surface area contributed by atoms with Crippen LogP contribution in [0.4, 0.5) is 4.79 Å². The second-order valence-corrected chi connectivity index (χ2v) is 7.71. The number of amides is 2. The molecule has 4 nitrogen and oxygen atoms in total. The summed E-state index contributed by atoms with van der Waals surface area (Å²) in [5, 5.41) is 3.08. The zero-order chi connectivity index (χ0) is 19.9. The van der Waals surface area contributed by atoms with Gasteiger partial charge in [-0.05, 0) is 53.5 Å². The molecular formula is C25H27N3O. The molecule has 2 amide bonds. The molecule has 0 radical (unpaired) electrons. The quantitative estimate of drug-likeness (QED) is 0.676. The number of urea groups is 1. The summed E-state index contributed by atoms with van der Waals surface area (Å²) in [4.78, 5) is 18.6. The number of likely N-dealkylation sites (tertiary alicyclic amines) is 1. The Bertz CT molecular complexity index is 910. The van der Waals surface area contributed by atoms with Crippen molar-refractivity contribution in [2.75, 3.05) is 19.6 Å². The lowest BCUT2D eigenvalue weighted by Gasteiger charge is -2.17. The predicted molar refractivity (Wildman–Crippen MR) is 117 cm³/mol. The molecule has 1 aliphatic rings. The number of benzene rings is 2. The monoisotopic (exact) mass is 385 g/mol. The maximum absolute atomic E-state index is 12.5. The molecule has 2 heterocycles. The topological polar surface area (TPSA) is 45.2 Å². The summed E-state index contributed by atoms with van der Waals surface area (Å²) in [5.74, 6) is 0.524. The lowest BCUT2D eigenvalue weighted by Crippen LogP contribution is -2.39. The van der Waals surface area contributed by atoms with Crippen molar-refractivity contribution in [3.63, 3.8) is 0 Å². The average Bonchev–Trinajstić information content (AvgIpc) is 3.24. The number of carbonyl (C=O) groups excluding carboxylic acids is 1. The highest BCUT2D eigenvalue weighted by molar-refractivity contribution is 5.74. The highest BCUT2D eigenvalue weighted by atomic mass is 16.2. The molecule has 1 aromatic heterocycles. The number of pyridine rings is 1. The van der Waals surface area contributed by atoms with E-state index in [0.29, 0.717) is 12.5 Å². The first-order valence-corrected chi connectivity index (χ1v) is 10.3. The Morgan fingerprint density at radius 1 is 0.966 bits per heavy atom. The summed E-state index contributed by atoms with van der Waals surface area (Å²) in [7, 11) is 0. The van der Waals surface area contributed by atoms with Gasteiger partial charge in [-0.3, -0.25) is 4.98 Å². The van der Waals surface area contributed by atoms with Crippen LogP contribution in [0.3, 0.4) is 0 Å². The Morgan fingerprint density at radius 3 is 2.52 bits per heavy atom. The normalized spacial score (nSPS) is 16.0. The molecule has 1 N–H and O–H groups in total. The number of aromatic nitrogens is 1. The molecule has 0 spiro atoms. The maximum atomic E-state index is 12.5. The van der Waals surface area contributed by atoms with Gasteiger partial charge in [0.05, 0.1) is 0 Å². The first-order valence-electron chi connectivity index (χ1n) is 10.3. The third-order valence-corrected chi connectivity index (χ3v) is 5.57. The predicted octanol–water partition coefficient (Wildman–Crippen LogP) is 4.57. The molecule has 3 aromatic rings. The van der Waals surface area contributed by atoms with E-state index in [2.05, 4.69) is 64.9 Å². The van der Waals surface area contributed by atoms with Gasteiger partial charge in [0, 0.05) is 32.0 Å². The van der Waals surface area contributed by atoms with Crippen molar-refractivity contribution in [1.29, 1.82) is 0 Å². The van der Waals surface area contributed by atoms with E-state index in [4.69, 9.17) is 0 Å². The van der Waals surface area contributed by atoms with E-state index in [1.54, 1.807) is 6.20 Å². The van der Waals surface area contributed by atoms with Gasteiger partial charge < -0.3 is 10.2 Å². The van der Waals surface area contributed by atoms with E-state index in [1.807, 2.05) is 23.2 Å². The Balaban J connectivity index is 1.21. The number of hydrogen-bond acceptors (Lipinski definition) is 2. The minimum atomic E-state index is 0.0552. The molecule has 0 saturated carbocycles. The van der Waals surface area contributed by atoms with Crippen molar-refractivity contribution in [1.82, 2.24) is 15.2 Å². The van der Waals surface area contributed by atoms with E-state index in [0.717, 1.165) is 32.4 Å². The van der Waals surface area contributed by atoms with Crippen LogP contribution in [-0.4, -0.2) is 35.5 Å². The fourth-order valence-electron chi connectivity index (χ4n) is 3.96. The van der Waals surface area contributed by atoms with Gasteiger partial charge in [0.25, 0.3) is 0 Å². The Morgan fingerprint density at radius 2 is 1.76 bits per heavy atom. The molecule has 4 heteroatoms. The van der Waals surface area contributed by atoms with Gasteiger partial charge in [-0.2, -0.15) is 0 Å². The van der Waals surface area contributed by atoms with Gasteiger partial charge in [0.1, 0.15) is 0 Å². The lowest BCUT2D eigenvalue weighted by molar-refractivity contribution is 0.207. The molecule has 1 atom stereocenters. The summed E-state index contributed by atoms with van der Waals surface area (Å²) in [6.45, 7) is 2.32. The van der Waals surface area contributed by atoms with Crippen molar-refractivity contribution in [2.45, 2.75) is 19.3 Å². The van der Waals surface area contributed by atoms with Crippen molar-refractivity contribution >= 4 is 6.03 Å². The Labute approximate surface area is 172 Å². The molecule has 4 rings (SSSR count). The van der Waals surface area contributed by atoms with Crippen LogP contribution >= 0.6 is 0 Å². The van der Waals surface area contributed by atoms with E-state index < -0.39 is 0 Å². The molecule has 1 unspecified atom stereocenters. The van der Waals surface area contributed by atoms with Crippen LogP contribution in [0.2, 0.25) is 0 Å². The van der Waals surface area contributed by atoms with E-state index in [-0.39, 0.29) is 6.03 Å². The summed E-state index contributed by atoms with van der Waals surface area (Å²) in [5.41, 5.74) is 4.93. The second-order valence-electron chi connectivity index (χ2n) is 7.71. The van der Waals surface area contributed by atoms with Crippen LogP contribution in [0.15, 0.2) is 79.1 Å². The van der Waals surface area contributed by atoms with Gasteiger partial charge in [0.2, 0.25) is 0 Å². The summed E-state index contributed by atoms with van der Waals surface area (Å²) in [6.07, 6.45) is 6.61. The number of nitrogens with one attached hydrogen (secondary N) is 1. The molecular weight excluding hydrogens is 358 g/mol. The minimum Gasteiger partial charge on any atom is -0.338 e. The van der Waals surface area contributed by atoms with Crippen molar-refractivity contribution in [2.24, 2.45) is 5.92 Å². The molecule has 1 aliphatic heterocycles. The van der Waals surface area contributed by atoms with Gasteiger partial charge in [-0.25, -0.2) is 4.79 Å². The average molecular weight is 386 g/mol. The van der Waals surface area contributed by atoms with Crippen LogP contribution in [0.1, 0.15) is 17.5 Å². The summed E-state index contributed by atoms with van der Waals surface area (Å²) < 4.78 is 0. The Kier molecular flexibility index (Phi) is 6.20. The molecule has 1 fully saturated rings. The van der Waals surface area contributed by atoms with Gasteiger partial charge in [-0.1, -0.05) is 60.7 Å². The van der Waals surface area contributed by atoms with Gasteiger partial charge >= 0.3 is 6.03 Å². The van der Waals surface area contributed by atoms with Crippen LogP contribution < -0.4 is 5.32 Å². The SMILES string of the molecule is O=C(NCCc1ccc(-c2ccccc2)cc1)N1CCC(Cc2cccnc2)C1. The standard InChI is InChI=1S/C25H27N3O/c29-25(28-16-13-22(19-28)17-21-5-4-14-26-18-21)27-15-12-20-8-10-24(11-9-20)23-6-2-1-3-7-23/h1-11,14,18,22H,12-13,15-17,19H2,(H,27,29). The van der Waals surface area contributed by atoms with Crippen LogP contribution in [0, 0.1) is 5.92 Å². The zero-order valence-corrected chi connectivity index (χ0v) is 16.6. The summed E-state index contributed by atoms with van der Waals surface area (Å²) >= 11 is 0. The van der Waals surface area contributed by atoms with Crippen molar-refractivity contribution < 1.29 is 4.79 Å². The minimum absolute atomic E-state index is 0.0552. The van der Waals surface area contributed by atoms with Crippen LogP contribution in [0.5, 0.6) is 0 Å². The number of hydrogen-bond donors (Lipinski definition) is 1. The number of carbonyl (C=O) groups is 1. The fraction of sp³-hybridized carbons (Fsp3) is 0.280. The number of rotatable bonds is 6. The molecule has 2 aromatic carbocycles. The third kappa shape index (κ3) is 5.23.